The Kier molecular flexibility index (Phi) is 5.07. The molecule has 1 aliphatic rings. The van der Waals surface area contributed by atoms with Crippen molar-refractivity contribution in [2.75, 3.05) is 6.54 Å². The molecule has 3 rings (SSSR count). The second kappa shape index (κ2) is 7.42. The molecule has 1 aliphatic carbocycles. The lowest BCUT2D eigenvalue weighted by Gasteiger charge is -2.21. The minimum absolute atomic E-state index is 0.314. The van der Waals surface area contributed by atoms with E-state index in [1.54, 1.807) is 0 Å². The summed E-state index contributed by atoms with van der Waals surface area (Å²) in [4.78, 5) is 0. The van der Waals surface area contributed by atoms with Crippen molar-refractivity contribution < 1.29 is 0 Å². The van der Waals surface area contributed by atoms with E-state index in [9.17, 15) is 0 Å². The summed E-state index contributed by atoms with van der Waals surface area (Å²) in [5, 5.41) is 3.78. The molecule has 0 amide bonds. The SMILES string of the molecule is c1ccc(C(NCCC2CCCC2)c2ccccc2)cc1. The maximum absolute atomic E-state index is 3.78. The van der Waals surface area contributed by atoms with Crippen molar-refractivity contribution in [2.45, 2.75) is 38.1 Å². The first-order chi connectivity index (χ1) is 10.4. The summed E-state index contributed by atoms with van der Waals surface area (Å²) in [7, 11) is 0. The van der Waals surface area contributed by atoms with E-state index in [2.05, 4.69) is 66.0 Å². The van der Waals surface area contributed by atoms with Gasteiger partial charge in [-0.25, -0.2) is 0 Å². The molecule has 0 radical (unpaired) electrons. The summed E-state index contributed by atoms with van der Waals surface area (Å²) in [5.74, 6) is 0.949. The summed E-state index contributed by atoms with van der Waals surface area (Å²) in [6.07, 6.45) is 7.05. The van der Waals surface area contributed by atoms with Crippen LogP contribution in [0, 0.1) is 5.92 Å². The minimum atomic E-state index is 0.314. The van der Waals surface area contributed by atoms with Crippen LogP contribution in [0.2, 0.25) is 0 Å². The van der Waals surface area contributed by atoms with Crippen LogP contribution in [0.15, 0.2) is 60.7 Å². The summed E-state index contributed by atoms with van der Waals surface area (Å²) < 4.78 is 0. The molecule has 0 bridgehead atoms. The van der Waals surface area contributed by atoms with Crippen LogP contribution in [0.25, 0.3) is 0 Å². The zero-order valence-corrected chi connectivity index (χ0v) is 12.7. The van der Waals surface area contributed by atoms with Crippen LogP contribution in [0.5, 0.6) is 0 Å². The van der Waals surface area contributed by atoms with Gasteiger partial charge in [-0.1, -0.05) is 86.3 Å². The van der Waals surface area contributed by atoms with Crippen molar-refractivity contribution in [3.63, 3.8) is 0 Å². The topological polar surface area (TPSA) is 12.0 Å². The van der Waals surface area contributed by atoms with Gasteiger partial charge in [0.25, 0.3) is 0 Å². The Hall–Kier alpha value is -1.60. The van der Waals surface area contributed by atoms with Gasteiger partial charge in [-0.2, -0.15) is 0 Å². The quantitative estimate of drug-likeness (QED) is 0.789. The molecule has 1 saturated carbocycles. The number of rotatable bonds is 6. The number of hydrogen-bond donors (Lipinski definition) is 1. The minimum Gasteiger partial charge on any atom is -0.306 e. The number of benzene rings is 2. The molecule has 0 saturated heterocycles. The van der Waals surface area contributed by atoms with E-state index in [-0.39, 0.29) is 0 Å². The zero-order valence-electron chi connectivity index (χ0n) is 12.7. The second-order valence-corrected chi connectivity index (χ2v) is 6.15. The maximum atomic E-state index is 3.78. The molecule has 0 unspecified atom stereocenters. The smallest absolute Gasteiger partial charge is 0.0576 e. The Morgan fingerprint density at radius 1 is 0.810 bits per heavy atom. The van der Waals surface area contributed by atoms with Gasteiger partial charge in [-0.05, 0) is 30.0 Å². The van der Waals surface area contributed by atoms with E-state index >= 15 is 0 Å². The van der Waals surface area contributed by atoms with Gasteiger partial charge in [0, 0.05) is 0 Å². The molecule has 0 heterocycles. The highest BCUT2D eigenvalue weighted by atomic mass is 14.9. The summed E-state index contributed by atoms with van der Waals surface area (Å²) in [5.41, 5.74) is 2.71. The highest BCUT2D eigenvalue weighted by Gasteiger charge is 2.17. The van der Waals surface area contributed by atoms with Crippen molar-refractivity contribution in [3.8, 4) is 0 Å². The van der Waals surface area contributed by atoms with Gasteiger partial charge in [0.2, 0.25) is 0 Å². The van der Waals surface area contributed by atoms with Crippen molar-refractivity contribution >= 4 is 0 Å². The molecule has 2 aromatic carbocycles. The first-order valence-corrected chi connectivity index (χ1v) is 8.27. The lowest BCUT2D eigenvalue weighted by atomic mass is 9.98. The Balaban J connectivity index is 1.67. The van der Waals surface area contributed by atoms with Crippen LogP contribution < -0.4 is 5.32 Å². The Morgan fingerprint density at radius 2 is 1.33 bits per heavy atom. The fourth-order valence-corrected chi connectivity index (χ4v) is 3.45. The van der Waals surface area contributed by atoms with Crippen molar-refractivity contribution in [3.05, 3.63) is 71.8 Å². The lowest BCUT2D eigenvalue weighted by Crippen LogP contribution is -2.24. The highest BCUT2D eigenvalue weighted by molar-refractivity contribution is 5.31. The van der Waals surface area contributed by atoms with Crippen LogP contribution in [0.1, 0.15) is 49.3 Å². The third-order valence-corrected chi connectivity index (χ3v) is 4.64. The fourth-order valence-electron chi connectivity index (χ4n) is 3.45. The molecule has 1 N–H and O–H groups in total. The zero-order chi connectivity index (χ0) is 14.3. The average molecular weight is 279 g/mol. The third kappa shape index (κ3) is 3.95. The van der Waals surface area contributed by atoms with E-state index in [4.69, 9.17) is 0 Å². The molecule has 1 fully saturated rings. The molecule has 0 atom stereocenters. The van der Waals surface area contributed by atoms with E-state index in [1.165, 1.54) is 43.2 Å². The molecule has 0 aromatic heterocycles. The number of nitrogens with one attached hydrogen (secondary N) is 1. The van der Waals surface area contributed by atoms with Gasteiger partial charge >= 0.3 is 0 Å². The molecule has 0 spiro atoms. The Bertz CT molecular complexity index is 475. The molecule has 0 aliphatic heterocycles. The standard InChI is InChI=1S/C20H25N/c1-3-11-18(12-4-1)20(19-13-5-2-6-14-19)21-16-15-17-9-7-8-10-17/h1-6,11-14,17,20-21H,7-10,15-16H2. The normalized spacial score (nSPS) is 15.7. The van der Waals surface area contributed by atoms with E-state index in [0.29, 0.717) is 6.04 Å². The molecule has 110 valence electrons. The second-order valence-electron chi connectivity index (χ2n) is 6.15. The van der Waals surface area contributed by atoms with Crippen LogP contribution in [-0.4, -0.2) is 6.54 Å². The van der Waals surface area contributed by atoms with E-state index in [0.717, 1.165) is 12.5 Å². The molecule has 1 nitrogen and oxygen atoms in total. The fraction of sp³-hybridized carbons (Fsp3) is 0.400. The lowest BCUT2D eigenvalue weighted by molar-refractivity contribution is 0.462. The molecular weight excluding hydrogens is 254 g/mol. The Morgan fingerprint density at radius 3 is 1.86 bits per heavy atom. The molecule has 2 aromatic rings. The van der Waals surface area contributed by atoms with Crippen LogP contribution in [0.3, 0.4) is 0 Å². The van der Waals surface area contributed by atoms with Gasteiger partial charge in [0.15, 0.2) is 0 Å². The summed E-state index contributed by atoms with van der Waals surface area (Å²) in [6.45, 7) is 1.11. The van der Waals surface area contributed by atoms with Crippen molar-refractivity contribution in [1.82, 2.24) is 5.32 Å². The first kappa shape index (κ1) is 14.3. The van der Waals surface area contributed by atoms with Gasteiger partial charge < -0.3 is 5.32 Å². The van der Waals surface area contributed by atoms with Gasteiger partial charge in [-0.15, -0.1) is 0 Å². The molecular formula is C20H25N. The van der Waals surface area contributed by atoms with E-state index in [1.807, 2.05) is 0 Å². The predicted octanol–water partition coefficient (Wildman–Crippen LogP) is 4.95. The maximum Gasteiger partial charge on any atom is 0.0576 e. The Labute approximate surface area is 128 Å². The summed E-state index contributed by atoms with van der Waals surface area (Å²) >= 11 is 0. The van der Waals surface area contributed by atoms with Crippen molar-refractivity contribution in [1.29, 1.82) is 0 Å². The predicted molar refractivity (Wildman–Crippen MR) is 89.3 cm³/mol. The van der Waals surface area contributed by atoms with Crippen molar-refractivity contribution in [2.24, 2.45) is 5.92 Å². The van der Waals surface area contributed by atoms with Gasteiger partial charge in [0.1, 0.15) is 0 Å². The van der Waals surface area contributed by atoms with Gasteiger partial charge in [-0.3, -0.25) is 0 Å². The summed E-state index contributed by atoms with van der Waals surface area (Å²) in [6, 6.07) is 21.9. The van der Waals surface area contributed by atoms with Crippen LogP contribution >= 0.6 is 0 Å². The molecule has 21 heavy (non-hydrogen) atoms. The highest BCUT2D eigenvalue weighted by Crippen LogP contribution is 2.28. The van der Waals surface area contributed by atoms with Crippen LogP contribution in [0.4, 0.5) is 0 Å². The number of hydrogen-bond acceptors (Lipinski definition) is 1. The van der Waals surface area contributed by atoms with Crippen LogP contribution in [-0.2, 0) is 0 Å². The average Bonchev–Trinajstić information content (AvgIpc) is 3.07. The monoisotopic (exact) mass is 279 g/mol. The largest absolute Gasteiger partial charge is 0.306 e. The first-order valence-electron chi connectivity index (χ1n) is 8.27. The van der Waals surface area contributed by atoms with E-state index < -0.39 is 0 Å². The third-order valence-electron chi connectivity index (χ3n) is 4.64. The molecule has 1 heteroatoms. The van der Waals surface area contributed by atoms with Gasteiger partial charge in [0.05, 0.1) is 6.04 Å².